The van der Waals surface area contributed by atoms with E-state index in [2.05, 4.69) is 4.74 Å². The van der Waals surface area contributed by atoms with Crippen LogP contribution in [0.25, 0.3) is 0 Å². The molecule has 3 rings (SSSR count). The number of methoxy groups -OCH3 is 1. The lowest BCUT2D eigenvalue weighted by Crippen LogP contribution is -2.57. The molecule has 2 heterocycles. The van der Waals surface area contributed by atoms with Gasteiger partial charge in [-0.15, -0.1) is 0 Å². The highest BCUT2D eigenvalue weighted by Gasteiger charge is 2.68. The second-order valence-corrected chi connectivity index (χ2v) is 5.80. The minimum atomic E-state index is -1.92. The monoisotopic (exact) mass is 327 g/mol. The standard InChI is InChI=1S/C15H18FNO6/c1-15(17(18)19)11-10(22-12(15)13(16)20-2)8-21-14(23-11)9-6-4-3-5-7-9/h3-7,10-14H,8H2,1-2H3/t10-,11-,12-,13?,14-,15+/m0/s1. The quantitative estimate of drug-likeness (QED) is 0.620. The largest absolute Gasteiger partial charge is 0.356 e. The van der Waals surface area contributed by atoms with Gasteiger partial charge in [0.2, 0.25) is 6.36 Å². The van der Waals surface area contributed by atoms with Crippen molar-refractivity contribution >= 4 is 0 Å². The molecule has 1 unspecified atom stereocenters. The van der Waals surface area contributed by atoms with Crippen LogP contribution in [0.2, 0.25) is 0 Å². The van der Waals surface area contributed by atoms with Crippen LogP contribution >= 0.6 is 0 Å². The zero-order chi connectivity index (χ0) is 16.6. The van der Waals surface area contributed by atoms with Gasteiger partial charge < -0.3 is 18.9 Å². The maximum atomic E-state index is 14.0. The summed E-state index contributed by atoms with van der Waals surface area (Å²) in [5.74, 6) is 0. The third kappa shape index (κ3) is 2.61. The molecule has 0 N–H and O–H groups in total. The maximum Gasteiger partial charge on any atom is 0.278 e. The van der Waals surface area contributed by atoms with Gasteiger partial charge in [0, 0.05) is 24.5 Å². The smallest absolute Gasteiger partial charge is 0.278 e. The lowest BCUT2D eigenvalue weighted by Gasteiger charge is -2.34. The van der Waals surface area contributed by atoms with Gasteiger partial charge in [-0.1, -0.05) is 30.3 Å². The molecule has 0 radical (unpaired) electrons. The van der Waals surface area contributed by atoms with Gasteiger partial charge in [0.15, 0.2) is 18.5 Å². The van der Waals surface area contributed by atoms with E-state index >= 15 is 0 Å². The van der Waals surface area contributed by atoms with Crippen LogP contribution in [-0.4, -0.2) is 48.8 Å². The number of ether oxygens (including phenoxy) is 4. The second-order valence-electron chi connectivity index (χ2n) is 5.80. The summed E-state index contributed by atoms with van der Waals surface area (Å²) in [5.41, 5.74) is -1.03. The number of halogens is 1. The van der Waals surface area contributed by atoms with Gasteiger partial charge in [-0.2, -0.15) is 0 Å². The molecule has 1 aromatic rings. The van der Waals surface area contributed by atoms with E-state index in [1.54, 1.807) is 12.1 Å². The fourth-order valence-corrected chi connectivity index (χ4v) is 3.09. The summed E-state index contributed by atoms with van der Waals surface area (Å²) in [7, 11) is 1.14. The third-order valence-electron chi connectivity index (χ3n) is 4.42. The van der Waals surface area contributed by atoms with E-state index in [1.807, 2.05) is 18.2 Å². The number of rotatable bonds is 4. The summed E-state index contributed by atoms with van der Waals surface area (Å²) >= 11 is 0. The van der Waals surface area contributed by atoms with Gasteiger partial charge >= 0.3 is 0 Å². The number of alkyl halides is 1. The molecule has 7 nitrogen and oxygen atoms in total. The first kappa shape index (κ1) is 16.3. The summed E-state index contributed by atoms with van der Waals surface area (Å²) in [6, 6.07) is 9.08. The molecule has 2 aliphatic heterocycles. The fraction of sp³-hybridized carbons (Fsp3) is 0.600. The zero-order valence-electron chi connectivity index (χ0n) is 12.8. The molecule has 1 aromatic carbocycles. The minimum absolute atomic E-state index is 0.0839. The molecule has 0 bridgehead atoms. The summed E-state index contributed by atoms with van der Waals surface area (Å²) in [6.07, 6.45) is -5.69. The Labute approximate surface area is 132 Å². The Balaban J connectivity index is 1.88. The van der Waals surface area contributed by atoms with Crippen LogP contribution in [-0.2, 0) is 18.9 Å². The molecule has 0 spiro atoms. The molecule has 8 heteroatoms. The topological polar surface area (TPSA) is 80.1 Å². The average Bonchev–Trinajstić information content (AvgIpc) is 2.89. The Morgan fingerprint density at radius 2 is 2.09 bits per heavy atom. The van der Waals surface area contributed by atoms with Crippen molar-refractivity contribution in [2.45, 2.75) is 43.4 Å². The summed E-state index contributed by atoms with van der Waals surface area (Å²) < 4.78 is 35.5. The van der Waals surface area contributed by atoms with Gasteiger partial charge in [0.25, 0.3) is 5.54 Å². The van der Waals surface area contributed by atoms with E-state index in [0.29, 0.717) is 0 Å². The van der Waals surface area contributed by atoms with Crippen molar-refractivity contribution in [1.29, 1.82) is 0 Å². The van der Waals surface area contributed by atoms with Crippen molar-refractivity contribution in [3.8, 4) is 0 Å². The van der Waals surface area contributed by atoms with Crippen LogP contribution in [0, 0.1) is 10.1 Å². The van der Waals surface area contributed by atoms with Crippen LogP contribution in [0.1, 0.15) is 18.8 Å². The van der Waals surface area contributed by atoms with Gasteiger partial charge in [0.1, 0.15) is 6.10 Å². The van der Waals surface area contributed by atoms with E-state index in [9.17, 15) is 14.5 Å². The van der Waals surface area contributed by atoms with Gasteiger partial charge in [0.05, 0.1) is 6.61 Å². The first-order chi connectivity index (χ1) is 11.0. The molecule has 6 atom stereocenters. The van der Waals surface area contributed by atoms with Crippen molar-refractivity contribution in [2.75, 3.05) is 13.7 Å². The van der Waals surface area contributed by atoms with Crippen LogP contribution in [0.3, 0.4) is 0 Å². The normalized spacial score (nSPS) is 38.0. The molecule has 0 amide bonds. The molecule has 2 aliphatic rings. The Bertz CT molecular complexity index is 572. The van der Waals surface area contributed by atoms with Gasteiger partial charge in [-0.25, -0.2) is 4.39 Å². The first-order valence-corrected chi connectivity index (χ1v) is 7.27. The van der Waals surface area contributed by atoms with E-state index in [4.69, 9.17) is 14.2 Å². The van der Waals surface area contributed by atoms with Gasteiger partial charge in [-0.3, -0.25) is 10.1 Å². The molecule has 126 valence electrons. The highest BCUT2D eigenvalue weighted by Crippen LogP contribution is 2.43. The lowest BCUT2D eigenvalue weighted by molar-refractivity contribution is -0.588. The summed E-state index contributed by atoms with van der Waals surface area (Å²) in [4.78, 5) is 11.1. The van der Waals surface area contributed by atoms with Crippen molar-refractivity contribution < 1.29 is 28.3 Å². The Morgan fingerprint density at radius 1 is 1.39 bits per heavy atom. The number of benzene rings is 1. The molecule has 0 saturated carbocycles. The van der Waals surface area contributed by atoms with Crippen LogP contribution < -0.4 is 0 Å². The maximum absolute atomic E-state index is 14.0. The number of nitro groups is 1. The van der Waals surface area contributed by atoms with Crippen molar-refractivity contribution in [2.24, 2.45) is 0 Å². The molecule has 2 fully saturated rings. The Hall–Kier alpha value is -1.61. The van der Waals surface area contributed by atoms with E-state index in [1.165, 1.54) is 6.92 Å². The Kier molecular flexibility index (Phi) is 4.33. The van der Waals surface area contributed by atoms with E-state index in [-0.39, 0.29) is 6.61 Å². The number of fused-ring (bicyclic) bond motifs is 1. The molecular weight excluding hydrogens is 309 g/mol. The van der Waals surface area contributed by atoms with E-state index in [0.717, 1.165) is 12.7 Å². The highest BCUT2D eigenvalue weighted by atomic mass is 19.1. The number of hydrogen-bond donors (Lipinski definition) is 0. The van der Waals surface area contributed by atoms with Crippen molar-refractivity contribution in [3.63, 3.8) is 0 Å². The fourth-order valence-electron chi connectivity index (χ4n) is 3.09. The van der Waals surface area contributed by atoms with Gasteiger partial charge in [-0.05, 0) is 0 Å². The van der Waals surface area contributed by atoms with Crippen molar-refractivity contribution in [3.05, 3.63) is 46.0 Å². The molecule has 0 aromatic heterocycles. The number of nitrogens with zero attached hydrogens (tertiary/aromatic N) is 1. The number of hydrogen-bond acceptors (Lipinski definition) is 6. The molecular formula is C15H18FNO6. The zero-order valence-corrected chi connectivity index (χ0v) is 12.8. The Morgan fingerprint density at radius 3 is 2.70 bits per heavy atom. The average molecular weight is 327 g/mol. The first-order valence-electron chi connectivity index (χ1n) is 7.27. The highest BCUT2D eigenvalue weighted by molar-refractivity contribution is 5.17. The van der Waals surface area contributed by atoms with Crippen molar-refractivity contribution in [1.82, 2.24) is 0 Å². The summed E-state index contributed by atoms with van der Waals surface area (Å²) in [6.45, 7) is 1.40. The van der Waals surface area contributed by atoms with Crippen LogP contribution in [0.15, 0.2) is 30.3 Å². The lowest BCUT2D eigenvalue weighted by atomic mass is 9.88. The molecule has 2 saturated heterocycles. The SMILES string of the molecule is COC(F)[C@@H]1O[C@H]2CO[C@H](c3ccccc3)O[C@@H]2[C@@]1(C)[N+](=O)[O-]. The van der Waals surface area contributed by atoms with Crippen LogP contribution in [0.4, 0.5) is 4.39 Å². The third-order valence-corrected chi connectivity index (χ3v) is 4.42. The predicted molar refractivity (Wildman–Crippen MR) is 76.0 cm³/mol. The predicted octanol–water partition coefficient (Wildman–Crippen LogP) is 1.85. The van der Waals surface area contributed by atoms with Crippen LogP contribution in [0.5, 0.6) is 0 Å². The van der Waals surface area contributed by atoms with E-state index < -0.39 is 41.4 Å². The summed E-state index contributed by atoms with van der Waals surface area (Å²) in [5, 5.41) is 11.6. The second kappa shape index (κ2) is 6.12. The molecule has 0 aliphatic carbocycles. The molecule has 23 heavy (non-hydrogen) atoms. The minimum Gasteiger partial charge on any atom is -0.356 e.